The highest BCUT2D eigenvalue weighted by Gasteiger charge is 2.27. The molecule has 1 aromatic heterocycles. The molecule has 0 saturated carbocycles. The van der Waals surface area contributed by atoms with E-state index in [1.807, 2.05) is 12.3 Å². The van der Waals surface area contributed by atoms with Crippen molar-refractivity contribution in [2.45, 2.75) is 31.7 Å². The summed E-state index contributed by atoms with van der Waals surface area (Å²) >= 11 is 6.00. The van der Waals surface area contributed by atoms with Crippen LogP contribution in [0.3, 0.4) is 0 Å². The molecule has 2 aliphatic rings. The highest BCUT2D eigenvalue weighted by atomic mass is 35.5. The number of halogens is 1. The SMILES string of the molecule is Clc1cncc(C2=C[C@@H]3NCCC[C@@H]3CC2)c1. The molecule has 1 fully saturated rings. The number of allylic oxidation sites excluding steroid dienone is 1. The van der Waals surface area contributed by atoms with Crippen LogP contribution >= 0.6 is 11.6 Å². The molecule has 0 radical (unpaired) electrons. The minimum Gasteiger partial charge on any atom is -0.310 e. The standard InChI is InChI=1S/C14H17ClN2/c15-13-6-12(8-16-9-13)11-4-3-10-2-1-5-17-14(10)7-11/h6-10,14,17H,1-5H2/t10-,14+/m1/s1. The zero-order valence-electron chi connectivity index (χ0n) is 9.82. The Morgan fingerprint density at radius 1 is 1.29 bits per heavy atom. The van der Waals surface area contributed by atoms with Crippen molar-refractivity contribution in [3.8, 4) is 0 Å². The van der Waals surface area contributed by atoms with Gasteiger partial charge >= 0.3 is 0 Å². The summed E-state index contributed by atoms with van der Waals surface area (Å²) in [6, 6.07) is 2.58. The first-order chi connectivity index (χ1) is 8.33. The normalized spacial score (nSPS) is 28.4. The molecule has 1 N–H and O–H groups in total. The van der Waals surface area contributed by atoms with Crippen LogP contribution in [0.5, 0.6) is 0 Å². The first-order valence-electron chi connectivity index (χ1n) is 6.38. The van der Waals surface area contributed by atoms with E-state index in [1.54, 1.807) is 6.20 Å². The lowest BCUT2D eigenvalue weighted by atomic mass is 9.79. The van der Waals surface area contributed by atoms with E-state index in [4.69, 9.17) is 11.6 Å². The molecule has 17 heavy (non-hydrogen) atoms. The molecule has 0 spiro atoms. The lowest BCUT2D eigenvalue weighted by Gasteiger charge is -2.35. The van der Waals surface area contributed by atoms with Crippen molar-refractivity contribution in [3.05, 3.63) is 35.1 Å². The molecule has 3 heteroatoms. The maximum atomic E-state index is 6.00. The molecule has 0 aromatic carbocycles. The van der Waals surface area contributed by atoms with Gasteiger partial charge in [0.15, 0.2) is 0 Å². The van der Waals surface area contributed by atoms with E-state index in [9.17, 15) is 0 Å². The van der Waals surface area contributed by atoms with E-state index < -0.39 is 0 Å². The van der Waals surface area contributed by atoms with Gasteiger partial charge in [-0.1, -0.05) is 17.7 Å². The monoisotopic (exact) mass is 248 g/mol. The van der Waals surface area contributed by atoms with Gasteiger partial charge < -0.3 is 5.32 Å². The highest BCUT2D eigenvalue weighted by Crippen LogP contribution is 2.34. The van der Waals surface area contributed by atoms with Gasteiger partial charge in [-0.25, -0.2) is 0 Å². The van der Waals surface area contributed by atoms with E-state index in [-0.39, 0.29) is 0 Å². The van der Waals surface area contributed by atoms with Crippen LogP contribution in [0.2, 0.25) is 5.02 Å². The summed E-state index contributed by atoms with van der Waals surface area (Å²) in [5.41, 5.74) is 2.58. The van der Waals surface area contributed by atoms with Crippen molar-refractivity contribution in [2.75, 3.05) is 6.54 Å². The van der Waals surface area contributed by atoms with Gasteiger partial charge in [-0.2, -0.15) is 0 Å². The minimum atomic E-state index is 0.562. The Bertz CT molecular complexity index is 442. The second-order valence-electron chi connectivity index (χ2n) is 5.00. The van der Waals surface area contributed by atoms with E-state index in [0.29, 0.717) is 6.04 Å². The Balaban J connectivity index is 1.86. The van der Waals surface area contributed by atoms with Crippen LogP contribution in [-0.4, -0.2) is 17.6 Å². The maximum Gasteiger partial charge on any atom is 0.0595 e. The number of pyridine rings is 1. The van der Waals surface area contributed by atoms with Crippen molar-refractivity contribution in [2.24, 2.45) is 5.92 Å². The number of piperidine rings is 1. The molecule has 2 heterocycles. The Morgan fingerprint density at radius 2 is 2.24 bits per heavy atom. The fourth-order valence-corrected chi connectivity index (χ4v) is 3.14. The van der Waals surface area contributed by atoms with Crippen LogP contribution in [-0.2, 0) is 0 Å². The molecule has 2 atom stereocenters. The van der Waals surface area contributed by atoms with Crippen LogP contribution in [0.15, 0.2) is 24.5 Å². The molecule has 0 amide bonds. The van der Waals surface area contributed by atoms with E-state index >= 15 is 0 Å². The molecular formula is C14H17ClN2. The van der Waals surface area contributed by atoms with E-state index in [0.717, 1.165) is 23.9 Å². The summed E-state index contributed by atoms with van der Waals surface area (Å²) in [6.45, 7) is 1.15. The number of nitrogens with one attached hydrogen (secondary N) is 1. The van der Waals surface area contributed by atoms with Gasteiger partial charge in [-0.05, 0) is 55.3 Å². The molecule has 2 nitrogen and oxygen atoms in total. The number of hydrogen-bond donors (Lipinski definition) is 1. The van der Waals surface area contributed by atoms with Gasteiger partial charge in [-0.15, -0.1) is 0 Å². The Hall–Kier alpha value is -0.860. The number of nitrogens with zero attached hydrogens (tertiary/aromatic N) is 1. The van der Waals surface area contributed by atoms with Crippen LogP contribution < -0.4 is 5.32 Å². The Morgan fingerprint density at radius 3 is 3.12 bits per heavy atom. The molecule has 1 aromatic rings. The van der Waals surface area contributed by atoms with Gasteiger partial charge in [0.05, 0.1) is 5.02 Å². The van der Waals surface area contributed by atoms with Crippen molar-refractivity contribution in [1.82, 2.24) is 10.3 Å². The second kappa shape index (κ2) is 4.79. The smallest absolute Gasteiger partial charge is 0.0595 e. The van der Waals surface area contributed by atoms with Gasteiger partial charge in [0.2, 0.25) is 0 Å². The van der Waals surface area contributed by atoms with Crippen molar-refractivity contribution in [1.29, 1.82) is 0 Å². The molecule has 1 saturated heterocycles. The third kappa shape index (κ3) is 2.38. The Labute approximate surface area is 107 Å². The van der Waals surface area contributed by atoms with Crippen LogP contribution in [0.4, 0.5) is 0 Å². The van der Waals surface area contributed by atoms with E-state index in [1.165, 1.54) is 30.4 Å². The number of aromatic nitrogens is 1. The van der Waals surface area contributed by atoms with Crippen LogP contribution in [0, 0.1) is 5.92 Å². The fraction of sp³-hybridized carbons (Fsp3) is 0.500. The molecule has 3 rings (SSSR count). The molecule has 0 unspecified atom stereocenters. The van der Waals surface area contributed by atoms with Gasteiger partial charge in [0.25, 0.3) is 0 Å². The summed E-state index contributed by atoms with van der Waals surface area (Å²) in [6.07, 6.45) is 11.1. The lowest BCUT2D eigenvalue weighted by Crippen LogP contribution is -2.41. The largest absolute Gasteiger partial charge is 0.310 e. The van der Waals surface area contributed by atoms with Gasteiger partial charge in [0, 0.05) is 18.4 Å². The number of fused-ring (bicyclic) bond motifs is 1. The second-order valence-corrected chi connectivity index (χ2v) is 5.44. The van der Waals surface area contributed by atoms with Crippen molar-refractivity contribution < 1.29 is 0 Å². The van der Waals surface area contributed by atoms with Gasteiger partial charge in [0.1, 0.15) is 0 Å². The highest BCUT2D eigenvalue weighted by molar-refractivity contribution is 6.30. The molecule has 1 aliphatic carbocycles. The molecule has 90 valence electrons. The fourth-order valence-electron chi connectivity index (χ4n) is 2.97. The average Bonchev–Trinajstić information content (AvgIpc) is 2.38. The number of rotatable bonds is 1. The Kier molecular flexibility index (Phi) is 3.17. The van der Waals surface area contributed by atoms with Gasteiger partial charge in [-0.3, -0.25) is 4.98 Å². The lowest BCUT2D eigenvalue weighted by molar-refractivity contribution is 0.298. The minimum absolute atomic E-state index is 0.562. The van der Waals surface area contributed by atoms with E-state index in [2.05, 4.69) is 16.4 Å². The summed E-state index contributed by atoms with van der Waals surface area (Å²) < 4.78 is 0. The quantitative estimate of drug-likeness (QED) is 0.825. The van der Waals surface area contributed by atoms with Crippen molar-refractivity contribution >= 4 is 17.2 Å². The first kappa shape index (κ1) is 11.2. The van der Waals surface area contributed by atoms with Crippen LogP contribution in [0.25, 0.3) is 5.57 Å². The molecule has 0 bridgehead atoms. The maximum absolute atomic E-state index is 6.00. The predicted octanol–water partition coefficient (Wildman–Crippen LogP) is 3.28. The molecular weight excluding hydrogens is 232 g/mol. The third-order valence-electron chi connectivity index (χ3n) is 3.88. The third-order valence-corrected chi connectivity index (χ3v) is 4.09. The summed E-state index contributed by atoms with van der Waals surface area (Å²) in [4.78, 5) is 4.17. The summed E-state index contributed by atoms with van der Waals surface area (Å²) in [5.74, 6) is 0.833. The molecule has 1 aliphatic heterocycles. The van der Waals surface area contributed by atoms with Crippen LogP contribution in [0.1, 0.15) is 31.2 Å². The number of hydrogen-bond acceptors (Lipinski definition) is 2. The topological polar surface area (TPSA) is 24.9 Å². The zero-order chi connectivity index (χ0) is 11.7. The van der Waals surface area contributed by atoms with Crippen molar-refractivity contribution in [3.63, 3.8) is 0 Å². The summed E-state index contributed by atoms with van der Waals surface area (Å²) in [7, 11) is 0. The predicted molar refractivity (Wildman–Crippen MR) is 71.0 cm³/mol. The average molecular weight is 249 g/mol. The first-order valence-corrected chi connectivity index (χ1v) is 6.76. The summed E-state index contributed by atoms with van der Waals surface area (Å²) in [5, 5.41) is 4.33. The zero-order valence-corrected chi connectivity index (χ0v) is 10.6.